The zero-order valence-electron chi connectivity index (χ0n) is 15.0. The van der Waals surface area contributed by atoms with Crippen LogP contribution in [-0.4, -0.2) is 24.0 Å². The second-order valence-corrected chi connectivity index (χ2v) is 6.73. The molecule has 0 aliphatic carbocycles. The SMILES string of the molecule is CONC(=O)c1cc(Sc2cccc(NC(=O)Nc3ccccc3)c2)ccn1. The lowest BCUT2D eigenvalue weighted by molar-refractivity contribution is 0.0532. The topological polar surface area (TPSA) is 92.4 Å². The van der Waals surface area contributed by atoms with E-state index < -0.39 is 5.91 Å². The van der Waals surface area contributed by atoms with E-state index in [0.717, 1.165) is 9.79 Å². The van der Waals surface area contributed by atoms with Crippen molar-refractivity contribution in [3.8, 4) is 0 Å². The minimum absolute atomic E-state index is 0.253. The molecule has 142 valence electrons. The Morgan fingerprint density at radius 3 is 2.39 bits per heavy atom. The first-order valence-electron chi connectivity index (χ1n) is 8.34. The van der Waals surface area contributed by atoms with Crippen LogP contribution in [0.1, 0.15) is 10.5 Å². The molecule has 0 unspecified atom stereocenters. The van der Waals surface area contributed by atoms with Crippen molar-refractivity contribution < 1.29 is 14.4 Å². The maximum Gasteiger partial charge on any atom is 0.323 e. The van der Waals surface area contributed by atoms with Crippen molar-refractivity contribution in [1.82, 2.24) is 10.5 Å². The molecule has 0 atom stereocenters. The predicted molar refractivity (Wildman–Crippen MR) is 108 cm³/mol. The van der Waals surface area contributed by atoms with Crippen LogP contribution in [-0.2, 0) is 4.84 Å². The van der Waals surface area contributed by atoms with Gasteiger partial charge in [0.1, 0.15) is 5.69 Å². The van der Waals surface area contributed by atoms with Crippen molar-refractivity contribution in [3.63, 3.8) is 0 Å². The van der Waals surface area contributed by atoms with Gasteiger partial charge in [-0.3, -0.25) is 14.6 Å². The minimum Gasteiger partial charge on any atom is -0.308 e. The third kappa shape index (κ3) is 5.57. The van der Waals surface area contributed by atoms with Crippen LogP contribution < -0.4 is 16.1 Å². The predicted octanol–water partition coefficient (Wildman–Crippen LogP) is 4.17. The molecular formula is C20H18N4O3S. The molecule has 0 bridgehead atoms. The normalized spacial score (nSPS) is 10.2. The average molecular weight is 394 g/mol. The molecule has 0 aliphatic heterocycles. The fourth-order valence-corrected chi connectivity index (χ4v) is 3.24. The Morgan fingerprint density at radius 1 is 0.893 bits per heavy atom. The van der Waals surface area contributed by atoms with Gasteiger partial charge in [-0.25, -0.2) is 10.3 Å². The molecule has 2 aromatic carbocycles. The number of urea groups is 1. The number of nitrogens with zero attached hydrogens (tertiary/aromatic N) is 1. The molecule has 0 saturated heterocycles. The first-order chi connectivity index (χ1) is 13.6. The molecule has 3 aromatic rings. The molecule has 0 radical (unpaired) electrons. The van der Waals surface area contributed by atoms with Gasteiger partial charge in [-0.2, -0.15) is 0 Å². The Morgan fingerprint density at radius 2 is 1.61 bits per heavy atom. The average Bonchev–Trinajstić information content (AvgIpc) is 2.69. The lowest BCUT2D eigenvalue weighted by atomic mass is 10.3. The second kappa shape index (κ2) is 9.54. The fourth-order valence-electron chi connectivity index (χ4n) is 2.33. The van der Waals surface area contributed by atoms with Gasteiger partial charge in [0.25, 0.3) is 5.91 Å². The molecule has 3 amide bonds. The number of rotatable bonds is 6. The molecule has 1 heterocycles. The second-order valence-electron chi connectivity index (χ2n) is 5.59. The highest BCUT2D eigenvalue weighted by molar-refractivity contribution is 7.99. The van der Waals surface area contributed by atoms with Gasteiger partial charge in [0.05, 0.1) is 7.11 Å². The summed E-state index contributed by atoms with van der Waals surface area (Å²) >= 11 is 1.45. The summed E-state index contributed by atoms with van der Waals surface area (Å²) in [6.45, 7) is 0. The Kier molecular flexibility index (Phi) is 6.61. The number of amides is 3. The van der Waals surface area contributed by atoms with E-state index in [2.05, 4.69) is 25.9 Å². The maximum absolute atomic E-state index is 12.1. The Bertz CT molecular complexity index is 966. The van der Waals surface area contributed by atoms with Gasteiger partial charge in [-0.1, -0.05) is 36.0 Å². The summed E-state index contributed by atoms with van der Waals surface area (Å²) in [5.74, 6) is -0.419. The van der Waals surface area contributed by atoms with Crippen LogP contribution in [0.4, 0.5) is 16.2 Å². The highest BCUT2D eigenvalue weighted by atomic mass is 32.2. The van der Waals surface area contributed by atoms with E-state index in [4.69, 9.17) is 0 Å². The van der Waals surface area contributed by atoms with E-state index in [-0.39, 0.29) is 11.7 Å². The van der Waals surface area contributed by atoms with Gasteiger partial charge >= 0.3 is 6.03 Å². The standard InChI is InChI=1S/C20H18N4O3S/c1-27-24-19(25)18-13-17(10-11-21-18)28-16-9-5-8-15(12-16)23-20(26)22-14-6-3-2-4-7-14/h2-13H,1H3,(H,24,25)(H2,22,23,26). The Labute approximate surface area is 166 Å². The van der Waals surface area contributed by atoms with Gasteiger partial charge in [0, 0.05) is 27.4 Å². The van der Waals surface area contributed by atoms with E-state index in [1.54, 1.807) is 24.4 Å². The number of hydrogen-bond acceptors (Lipinski definition) is 5. The van der Waals surface area contributed by atoms with Gasteiger partial charge in [0.2, 0.25) is 0 Å². The fraction of sp³-hybridized carbons (Fsp3) is 0.0500. The van der Waals surface area contributed by atoms with Crippen LogP contribution in [0.3, 0.4) is 0 Å². The monoisotopic (exact) mass is 394 g/mol. The Hall–Kier alpha value is -3.36. The zero-order valence-corrected chi connectivity index (χ0v) is 15.8. The summed E-state index contributed by atoms with van der Waals surface area (Å²) < 4.78 is 0. The summed E-state index contributed by atoms with van der Waals surface area (Å²) in [5, 5.41) is 5.58. The maximum atomic E-state index is 12.1. The molecule has 0 aliphatic rings. The van der Waals surface area contributed by atoms with Crippen molar-refractivity contribution in [2.75, 3.05) is 17.7 Å². The van der Waals surface area contributed by atoms with Crippen LogP contribution >= 0.6 is 11.8 Å². The molecule has 7 nitrogen and oxygen atoms in total. The van der Waals surface area contributed by atoms with Gasteiger partial charge < -0.3 is 10.6 Å². The van der Waals surface area contributed by atoms with Crippen LogP contribution in [0.15, 0.2) is 82.7 Å². The van der Waals surface area contributed by atoms with Crippen molar-refractivity contribution >= 4 is 35.1 Å². The van der Waals surface area contributed by atoms with Crippen LogP contribution in [0.25, 0.3) is 0 Å². The number of anilines is 2. The van der Waals surface area contributed by atoms with Crippen molar-refractivity contribution in [3.05, 3.63) is 78.6 Å². The molecule has 8 heteroatoms. The molecule has 3 N–H and O–H groups in total. The van der Waals surface area contributed by atoms with E-state index in [1.807, 2.05) is 48.5 Å². The summed E-state index contributed by atoms with van der Waals surface area (Å²) in [6.07, 6.45) is 1.56. The summed E-state index contributed by atoms with van der Waals surface area (Å²) in [7, 11) is 1.36. The summed E-state index contributed by atoms with van der Waals surface area (Å²) in [6, 6.07) is 19.8. The van der Waals surface area contributed by atoms with Crippen LogP contribution in [0.5, 0.6) is 0 Å². The molecule has 3 rings (SSSR count). The number of hydroxylamine groups is 1. The van der Waals surface area contributed by atoms with E-state index in [0.29, 0.717) is 11.4 Å². The van der Waals surface area contributed by atoms with Crippen molar-refractivity contribution in [1.29, 1.82) is 0 Å². The zero-order chi connectivity index (χ0) is 19.8. The number of nitrogens with one attached hydrogen (secondary N) is 3. The number of pyridine rings is 1. The number of carbonyl (C=O) groups excluding carboxylic acids is 2. The molecule has 0 spiro atoms. The first kappa shape index (κ1) is 19.4. The van der Waals surface area contributed by atoms with Crippen LogP contribution in [0, 0.1) is 0 Å². The highest BCUT2D eigenvalue weighted by Gasteiger charge is 2.09. The third-order valence-electron chi connectivity index (χ3n) is 3.52. The lowest BCUT2D eigenvalue weighted by Crippen LogP contribution is -2.22. The molecule has 1 aromatic heterocycles. The minimum atomic E-state index is -0.419. The van der Waals surface area contributed by atoms with E-state index >= 15 is 0 Å². The number of carbonyl (C=O) groups is 2. The molecule has 0 fully saturated rings. The summed E-state index contributed by atoms with van der Waals surface area (Å²) in [5.41, 5.74) is 3.86. The van der Waals surface area contributed by atoms with E-state index in [9.17, 15) is 9.59 Å². The summed E-state index contributed by atoms with van der Waals surface area (Å²) in [4.78, 5) is 34.3. The van der Waals surface area contributed by atoms with Gasteiger partial charge in [0.15, 0.2) is 0 Å². The Balaban J connectivity index is 1.66. The van der Waals surface area contributed by atoms with Crippen LogP contribution in [0.2, 0.25) is 0 Å². The number of benzene rings is 2. The molecule has 0 saturated carbocycles. The van der Waals surface area contributed by atoms with Crippen molar-refractivity contribution in [2.45, 2.75) is 9.79 Å². The first-order valence-corrected chi connectivity index (χ1v) is 9.16. The molecular weight excluding hydrogens is 376 g/mol. The molecule has 28 heavy (non-hydrogen) atoms. The highest BCUT2D eigenvalue weighted by Crippen LogP contribution is 2.29. The third-order valence-corrected chi connectivity index (χ3v) is 4.50. The quantitative estimate of drug-likeness (QED) is 0.546. The number of aromatic nitrogens is 1. The van der Waals surface area contributed by atoms with Gasteiger partial charge in [-0.05, 0) is 42.5 Å². The number of hydrogen-bond donors (Lipinski definition) is 3. The van der Waals surface area contributed by atoms with E-state index in [1.165, 1.54) is 18.9 Å². The smallest absolute Gasteiger partial charge is 0.308 e. The van der Waals surface area contributed by atoms with Gasteiger partial charge in [-0.15, -0.1) is 0 Å². The number of para-hydroxylation sites is 1. The largest absolute Gasteiger partial charge is 0.323 e. The van der Waals surface area contributed by atoms with Crippen molar-refractivity contribution in [2.24, 2.45) is 0 Å². The lowest BCUT2D eigenvalue weighted by Gasteiger charge is -2.09.